The number of para-hydroxylation sites is 1. The third kappa shape index (κ3) is 6.54. The third-order valence-corrected chi connectivity index (χ3v) is 4.87. The number of hydrogen-bond acceptors (Lipinski definition) is 7. The molecule has 0 aliphatic carbocycles. The van der Waals surface area contributed by atoms with E-state index >= 15 is 0 Å². The van der Waals surface area contributed by atoms with E-state index in [0.717, 1.165) is 0 Å². The summed E-state index contributed by atoms with van der Waals surface area (Å²) >= 11 is 0. The molecule has 0 heterocycles. The molecule has 0 aromatic heterocycles. The molecule has 0 fully saturated rings. The predicted molar refractivity (Wildman–Crippen MR) is 117 cm³/mol. The highest BCUT2D eigenvalue weighted by atomic mass is 16.4. The van der Waals surface area contributed by atoms with E-state index in [1.165, 1.54) is 36.1 Å². The Balaban J connectivity index is 2.18. The van der Waals surface area contributed by atoms with Gasteiger partial charge in [-0.2, -0.15) is 0 Å². The zero-order chi connectivity index (χ0) is 23.8. The second kappa shape index (κ2) is 11.3. The molecule has 7 N–H and O–H groups in total. The number of benzene rings is 2. The van der Waals surface area contributed by atoms with Crippen molar-refractivity contribution in [2.24, 2.45) is 5.73 Å². The fourth-order valence-corrected chi connectivity index (χ4v) is 3.18. The van der Waals surface area contributed by atoms with Crippen molar-refractivity contribution in [1.82, 2.24) is 10.2 Å². The van der Waals surface area contributed by atoms with Crippen LogP contribution in [0.4, 0.5) is 0 Å². The maximum Gasteiger partial charge on any atom is 0.475 e. The molecule has 0 saturated carbocycles. The van der Waals surface area contributed by atoms with Gasteiger partial charge in [0, 0.05) is 32.1 Å². The number of carbonyl (C=O) groups is 3. The van der Waals surface area contributed by atoms with Crippen molar-refractivity contribution in [3.05, 3.63) is 64.7 Å². The number of amides is 2. The topological polar surface area (TPSA) is 173 Å². The van der Waals surface area contributed by atoms with Crippen LogP contribution in [0.25, 0.3) is 0 Å². The molecule has 1 atom stereocenters. The Kier molecular flexibility index (Phi) is 8.76. The van der Waals surface area contributed by atoms with Crippen molar-refractivity contribution in [3.63, 3.8) is 0 Å². The average molecular weight is 443 g/mol. The van der Waals surface area contributed by atoms with E-state index in [-0.39, 0.29) is 35.6 Å². The molecule has 0 aliphatic heterocycles. The minimum Gasteiger partial charge on any atom is -0.507 e. The lowest BCUT2D eigenvalue weighted by Gasteiger charge is -2.21. The van der Waals surface area contributed by atoms with E-state index < -0.39 is 30.7 Å². The van der Waals surface area contributed by atoms with Crippen LogP contribution < -0.4 is 11.1 Å². The largest absolute Gasteiger partial charge is 0.507 e. The predicted octanol–water partition coefficient (Wildman–Crippen LogP) is -0.249. The van der Waals surface area contributed by atoms with Crippen LogP contribution in [0.3, 0.4) is 0 Å². The number of carbonyl (C=O) groups excluding carboxylic acids is 2. The van der Waals surface area contributed by atoms with E-state index in [2.05, 4.69) is 5.32 Å². The van der Waals surface area contributed by atoms with Gasteiger partial charge in [0.25, 0.3) is 5.91 Å². The van der Waals surface area contributed by atoms with Crippen LogP contribution in [0, 0.1) is 0 Å². The highest BCUT2D eigenvalue weighted by molar-refractivity contribution is 6.43. The number of nitrogens with zero attached hydrogens (tertiary/aromatic N) is 1. The molecule has 2 aromatic rings. The van der Waals surface area contributed by atoms with E-state index in [1.807, 2.05) is 0 Å². The van der Waals surface area contributed by atoms with Crippen LogP contribution in [0.5, 0.6) is 5.75 Å². The van der Waals surface area contributed by atoms with Gasteiger partial charge in [-0.25, -0.2) is 4.79 Å². The Morgan fingerprint density at radius 2 is 1.84 bits per heavy atom. The van der Waals surface area contributed by atoms with Gasteiger partial charge < -0.3 is 36.2 Å². The quantitative estimate of drug-likeness (QED) is 0.273. The van der Waals surface area contributed by atoms with Crippen LogP contribution in [-0.4, -0.2) is 69.1 Å². The number of carboxylic acid groups (broad SMARTS) is 1. The maximum absolute atomic E-state index is 12.7. The summed E-state index contributed by atoms with van der Waals surface area (Å²) in [5.74, 6) is -3.82. The summed E-state index contributed by atoms with van der Waals surface area (Å²) in [6, 6.07) is 10.5. The number of hydrogen-bond donors (Lipinski definition) is 6. The number of phenols is 1. The van der Waals surface area contributed by atoms with Gasteiger partial charge in [0.1, 0.15) is 11.3 Å². The minimum atomic E-state index is -1.97. The fourth-order valence-electron chi connectivity index (χ4n) is 3.18. The Hall–Kier alpha value is -3.41. The van der Waals surface area contributed by atoms with Crippen LogP contribution >= 0.6 is 0 Å². The summed E-state index contributed by atoms with van der Waals surface area (Å²) in [5, 5.41) is 41.2. The lowest BCUT2D eigenvalue weighted by molar-refractivity contribution is -0.129. The highest BCUT2D eigenvalue weighted by Crippen LogP contribution is 2.24. The Bertz CT molecular complexity index is 984. The van der Waals surface area contributed by atoms with Crippen molar-refractivity contribution in [3.8, 4) is 5.75 Å². The standard InChI is InChI=1S/C21H26BN3O7/c1-13(26)25(9-8-23)12-14-4-2-6-16(10-14)20(28)24-18(22(31)32)11-15-5-3-7-17(19(15)27)21(29)30/h2-7,10,18,27,31-32H,8-9,11-12,23H2,1H3,(H,24,28)(H,29,30)/t18-/m0/s1. The summed E-state index contributed by atoms with van der Waals surface area (Å²) in [5.41, 5.74) is 6.25. The summed E-state index contributed by atoms with van der Waals surface area (Å²) in [7, 11) is -1.97. The third-order valence-electron chi connectivity index (χ3n) is 4.87. The molecule has 0 bridgehead atoms. The van der Waals surface area contributed by atoms with Gasteiger partial charge in [0.05, 0.1) is 5.94 Å². The number of aromatic hydroxyl groups is 1. The highest BCUT2D eigenvalue weighted by Gasteiger charge is 2.28. The first kappa shape index (κ1) is 24.9. The summed E-state index contributed by atoms with van der Waals surface area (Å²) in [6.07, 6.45) is -0.218. The monoisotopic (exact) mass is 443 g/mol. The number of nitrogens with two attached hydrogens (primary N) is 1. The molecule has 0 unspecified atom stereocenters. The average Bonchev–Trinajstić information content (AvgIpc) is 2.74. The zero-order valence-electron chi connectivity index (χ0n) is 17.6. The van der Waals surface area contributed by atoms with Crippen LogP contribution in [-0.2, 0) is 17.8 Å². The first-order chi connectivity index (χ1) is 15.1. The molecule has 10 nitrogen and oxygen atoms in total. The molecule has 170 valence electrons. The molecule has 0 aliphatic rings. The van der Waals surface area contributed by atoms with Crippen molar-refractivity contribution in [2.75, 3.05) is 13.1 Å². The Morgan fingerprint density at radius 1 is 1.16 bits per heavy atom. The molecule has 2 aromatic carbocycles. The minimum absolute atomic E-state index is 0.135. The van der Waals surface area contributed by atoms with E-state index in [0.29, 0.717) is 18.7 Å². The zero-order valence-corrected chi connectivity index (χ0v) is 17.6. The molecule has 2 amide bonds. The van der Waals surface area contributed by atoms with Crippen molar-refractivity contribution in [1.29, 1.82) is 0 Å². The van der Waals surface area contributed by atoms with Gasteiger partial charge in [0.15, 0.2) is 0 Å². The van der Waals surface area contributed by atoms with Gasteiger partial charge in [-0.05, 0) is 35.7 Å². The summed E-state index contributed by atoms with van der Waals surface area (Å²) < 4.78 is 0. The summed E-state index contributed by atoms with van der Waals surface area (Å²) in [6.45, 7) is 2.35. The van der Waals surface area contributed by atoms with Crippen LogP contribution in [0.1, 0.15) is 38.8 Å². The number of nitrogens with one attached hydrogen (secondary N) is 1. The molecular formula is C21H26BN3O7. The van der Waals surface area contributed by atoms with E-state index in [1.54, 1.807) is 18.2 Å². The molecule has 2 rings (SSSR count). The first-order valence-electron chi connectivity index (χ1n) is 9.89. The van der Waals surface area contributed by atoms with E-state index in [9.17, 15) is 29.5 Å². The van der Waals surface area contributed by atoms with Crippen LogP contribution in [0.2, 0.25) is 0 Å². The molecule has 0 radical (unpaired) electrons. The molecule has 11 heteroatoms. The number of carboxylic acids is 1. The van der Waals surface area contributed by atoms with Crippen molar-refractivity contribution >= 4 is 24.9 Å². The van der Waals surface area contributed by atoms with Gasteiger partial charge in [-0.1, -0.05) is 24.3 Å². The SMILES string of the molecule is CC(=O)N(CCN)Cc1cccc(C(=O)N[C@@H](Cc2cccc(C(=O)O)c2O)B(O)O)c1. The first-order valence-corrected chi connectivity index (χ1v) is 9.89. The second-order valence-electron chi connectivity index (χ2n) is 7.25. The van der Waals surface area contributed by atoms with Gasteiger partial charge in [-0.15, -0.1) is 0 Å². The molecular weight excluding hydrogens is 417 g/mol. The number of aromatic carboxylic acids is 1. The van der Waals surface area contributed by atoms with E-state index in [4.69, 9.17) is 10.8 Å². The molecule has 32 heavy (non-hydrogen) atoms. The van der Waals surface area contributed by atoms with Gasteiger partial charge in [0.2, 0.25) is 5.91 Å². The number of rotatable bonds is 10. The molecule has 0 spiro atoms. The van der Waals surface area contributed by atoms with Crippen molar-refractivity contribution in [2.45, 2.75) is 25.8 Å². The van der Waals surface area contributed by atoms with Crippen molar-refractivity contribution < 1.29 is 34.6 Å². The smallest absolute Gasteiger partial charge is 0.475 e. The maximum atomic E-state index is 12.7. The molecule has 0 saturated heterocycles. The fraction of sp³-hybridized carbons (Fsp3) is 0.286. The van der Waals surface area contributed by atoms with Crippen LogP contribution in [0.15, 0.2) is 42.5 Å². The second-order valence-corrected chi connectivity index (χ2v) is 7.25. The normalized spacial score (nSPS) is 11.5. The lowest BCUT2D eigenvalue weighted by atomic mass is 9.75. The summed E-state index contributed by atoms with van der Waals surface area (Å²) in [4.78, 5) is 37.2. The Morgan fingerprint density at radius 3 is 2.44 bits per heavy atom. The van der Waals surface area contributed by atoms with Gasteiger partial charge in [-0.3, -0.25) is 9.59 Å². The Labute approximate surface area is 185 Å². The van der Waals surface area contributed by atoms with Gasteiger partial charge >= 0.3 is 13.1 Å². The lowest BCUT2D eigenvalue weighted by Crippen LogP contribution is -2.48.